The molecule has 0 radical (unpaired) electrons. The highest BCUT2D eigenvalue weighted by molar-refractivity contribution is 14.1. The Hall–Kier alpha value is -0.680. The van der Waals surface area contributed by atoms with Gasteiger partial charge in [-0.05, 0) is 72.2 Å². The van der Waals surface area contributed by atoms with E-state index in [0.717, 1.165) is 25.1 Å². The van der Waals surface area contributed by atoms with Crippen molar-refractivity contribution < 1.29 is 13.2 Å². The van der Waals surface area contributed by atoms with Gasteiger partial charge in [-0.25, -0.2) is 4.52 Å². The topological polar surface area (TPSA) is 41.4 Å². The van der Waals surface area contributed by atoms with Crippen LogP contribution in [0, 0.1) is 3.70 Å². The van der Waals surface area contributed by atoms with Crippen molar-refractivity contribution >= 4 is 45.7 Å². The summed E-state index contributed by atoms with van der Waals surface area (Å²) in [6.45, 7) is 0. The quantitative estimate of drug-likeness (QED) is 0.523. The highest BCUT2D eigenvalue weighted by Crippen LogP contribution is 2.41. The van der Waals surface area contributed by atoms with E-state index in [1.807, 2.05) is 28.7 Å². The number of nitrogens with one attached hydrogen (secondary N) is 2. The summed E-state index contributed by atoms with van der Waals surface area (Å²) < 4.78 is 40.4. The van der Waals surface area contributed by atoms with Gasteiger partial charge >= 0.3 is 5.51 Å². The number of nitrogens with zero attached hydrogens (tertiary/aromatic N) is 2. The summed E-state index contributed by atoms with van der Waals surface area (Å²) in [6.07, 6.45) is 4.56. The second-order valence-corrected chi connectivity index (χ2v) is 8.35. The van der Waals surface area contributed by atoms with Crippen LogP contribution in [0.25, 0.3) is 5.52 Å². The summed E-state index contributed by atoms with van der Waals surface area (Å²) in [6, 6.07) is 6.68. The molecule has 0 amide bonds. The van der Waals surface area contributed by atoms with Gasteiger partial charge in [0.2, 0.25) is 0 Å². The number of pyridine rings is 1. The number of piperidine rings is 1. The Bertz CT molecular complexity index is 763. The monoisotopic (exact) mass is 468 g/mol. The minimum atomic E-state index is -4.32. The molecule has 2 aromatic rings. The molecule has 2 fully saturated rings. The molecule has 2 saturated heterocycles. The van der Waals surface area contributed by atoms with E-state index in [0.29, 0.717) is 21.3 Å². The number of hydrogen-bond donors (Lipinski definition) is 2. The van der Waals surface area contributed by atoms with Gasteiger partial charge in [-0.2, -0.15) is 18.3 Å². The first kappa shape index (κ1) is 16.8. The van der Waals surface area contributed by atoms with E-state index in [9.17, 15) is 13.2 Å². The molecule has 0 aliphatic carbocycles. The normalized spacial score (nSPS) is 26.9. The van der Waals surface area contributed by atoms with Gasteiger partial charge in [0.05, 0.1) is 10.4 Å². The Morgan fingerprint density at radius 1 is 1.25 bits per heavy atom. The summed E-state index contributed by atoms with van der Waals surface area (Å²) in [5, 5.41) is 11.4. The smallest absolute Gasteiger partial charge is 0.366 e. The van der Waals surface area contributed by atoms with E-state index >= 15 is 0 Å². The number of alkyl halides is 3. The third-order valence-electron chi connectivity index (χ3n) is 4.71. The number of fused-ring (bicyclic) bond motifs is 3. The summed E-state index contributed by atoms with van der Waals surface area (Å²) in [5.74, 6) is 0.747. The third kappa shape index (κ3) is 3.22. The Labute approximate surface area is 155 Å². The number of rotatable bonds is 3. The Morgan fingerprint density at radius 2 is 2.04 bits per heavy atom. The zero-order valence-electron chi connectivity index (χ0n) is 12.6. The van der Waals surface area contributed by atoms with Crippen molar-refractivity contribution in [1.82, 2.24) is 14.9 Å². The van der Waals surface area contributed by atoms with Crippen LogP contribution in [0.1, 0.15) is 25.7 Å². The first-order valence-electron chi connectivity index (χ1n) is 7.86. The van der Waals surface area contributed by atoms with Crippen molar-refractivity contribution in [2.24, 2.45) is 0 Å². The van der Waals surface area contributed by atoms with Gasteiger partial charge in [0.25, 0.3) is 0 Å². The predicted octanol–water partition coefficient (Wildman–Crippen LogP) is 4.25. The Kier molecular flexibility index (Phi) is 4.36. The highest BCUT2D eigenvalue weighted by atomic mass is 127. The van der Waals surface area contributed by atoms with Gasteiger partial charge in [0.1, 0.15) is 9.52 Å². The Balaban J connectivity index is 1.65. The molecule has 3 atom stereocenters. The molecule has 2 aliphatic rings. The van der Waals surface area contributed by atoms with E-state index in [2.05, 4.69) is 15.7 Å². The molecule has 0 saturated carbocycles. The van der Waals surface area contributed by atoms with Crippen LogP contribution in [-0.4, -0.2) is 33.2 Å². The molecule has 4 heterocycles. The van der Waals surface area contributed by atoms with Crippen LogP contribution in [0.3, 0.4) is 0 Å². The van der Waals surface area contributed by atoms with Crippen molar-refractivity contribution in [3.05, 3.63) is 21.9 Å². The van der Waals surface area contributed by atoms with Crippen LogP contribution >= 0.6 is 34.4 Å². The molecular formula is C15H16F3IN4S. The lowest BCUT2D eigenvalue weighted by atomic mass is 10.00. The van der Waals surface area contributed by atoms with E-state index in [4.69, 9.17) is 0 Å². The maximum atomic E-state index is 12.8. The van der Waals surface area contributed by atoms with Crippen LogP contribution < -0.4 is 10.6 Å². The molecule has 0 unspecified atom stereocenters. The van der Waals surface area contributed by atoms with Crippen LogP contribution in [0.15, 0.2) is 23.1 Å². The summed E-state index contributed by atoms with van der Waals surface area (Å²) in [4.78, 5) is 0.162. The van der Waals surface area contributed by atoms with Gasteiger partial charge in [-0.1, -0.05) is 6.07 Å². The second-order valence-electron chi connectivity index (χ2n) is 6.25. The van der Waals surface area contributed by atoms with Crippen molar-refractivity contribution in [2.75, 3.05) is 5.32 Å². The molecular weight excluding hydrogens is 452 g/mol. The number of hydrogen-bond acceptors (Lipinski definition) is 4. The maximum Gasteiger partial charge on any atom is 0.446 e. The molecule has 4 nitrogen and oxygen atoms in total. The lowest BCUT2D eigenvalue weighted by molar-refractivity contribution is -0.0328. The van der Waals surface area contributed by atoms with E-state index in [1.54, 1.807) is 16.6 Å². The minimum absolute atomic E-state index is 0.101. The lowest BCUT2D eigenvalue weighted by Gasteiger charge is -2.31. The van der Waals surface area contributed by atoms with Crippen LogP contribution in [-0.2, 0) is 0 Å². The number of aromatic nitrogens is 2. The average Bonchev–Trinajstić information content (AvgIpc) is 3.04. The summed E-state index contributed by atoms with van der Waals surface area (Å²) in [7, 11) is 0. The third-order valence-corrected chi connectivity index (χ3v) is 6.67. The largest absolute Gasteiger partial charge is 0.446 e. The standard InChI is InChI=1S/C15H16F3IN4S/c16-15(17,18)24-13-11-2-1-3-12(23(11)22-14(13)19)21-10-7-5-8-4-6-9(10)20-8/h1-3,8-10,20-21H,4-7H2/t8-,9+,10+/m0/s1. The molecule has 2 aliphatic heterocycles. The zero-order valence-corrected chi connectivity index (χ0v) is 15.6. The van der Waals surface area contributed by atoms with Crippen molar-refractivity contribution in [3.63, 3.8) is 0 Å². The highest BCUT2D eigenvalue weighted by Gasteiger charge is 2.36. The Morgan fingerprint density at radius 3 is 2.83 bits per heavy atom. The van der Waals surface area contributed by atoms with E-state index < -0.39 is 5.51 Å². The minimum Gasteiger partial charge on any atom is -0.366 e. The number of halogens is 4. The fourth-order valence-corrected chi connectivity index (χ4v) is 5.12. The SMILES string of the molecule is FC(F)(F)Sc1c(I)nn2c(N[C@@H]3CC[C@@H]4CC[C@H]3N4)cccc12. The first-order valence-corrected chi connectivity index (χ1v) is 9.76. The second kappa shape index (κ2) is 6.24. The summed E-state index contributed by atoms with van der Waals surface area (Å²) in [5.41, 5.74) is -3.83. The van der Waals surface area contributed by atoms with Crippen molar-refractivity contribution in [3.8, 4) is 0 Å². The lowest BCUT2D eigenvalue weighted by Crippen LogP contribution is -2.47. The predicted molar refractivity (Wildman–Crippen MR) is 96.4 cm³/mol. The fourth-order valence-electron chi connectivity index (χ4n) is 3.68. The van der Waals surface area contributed by atoms with Gasteiger partial charge in [-0.3, -0.25) is 0 Å². The maximum absolute atomic E-state index is 12.8. The number of thioether (sulfide) groups is 1. The zero-order chi connectivity index (χ0) is 16.9. The number of anilines is 1. The molecule has 24 heavy (non-hydrogen) atoms. The van der Waals surface area contributed by atoms with Gasteiger partial charge in [0, 0.05) is 18.1 Å². The molecule has 0 spiro atoms. The molecule has 2 aromatic heterocycles. The van der Waals surface area contributed by atoms with Crippen LogP contribution in [0.5, 0.6) is 0 Å². The van der Waals surface area contributed by atoms with Gasteiger partial charge in [0.15, 0.2) is 0 Å². The van der Waals surface area contributed by atoms with Crippen molar-refractivity contribution in [2.45, 2.75) is 54.2 Å². The van der Waals surface area contributed by atoms with Crippen molar-refractivity contribution in [1.29, 1.82) is 0 Å². The van der Waals surface area contributed by atoms with E-state index in [1.165, 1.54) is 6.42 Å². The molecule has 4 rings (SSSR count). The van der Waals surface area contributed by atoms with Crippen LogP contribution in [0.2, 0.25) is 0 Å². The van der Waals surface area contributed by atoms with E-state index in [-0.39, 0.29) is 22.7 Å². The molecule has 0 aromatic carbocycles. The summed E-state index contributed by atoms with van der Waals surface area (Å²) >= 11 is 1.77. The molecule has 9 heteroatoms. The average molecular weight is 468 g/mol. The molecule has 2 N–H and O–H groups in total. The van der Waals surface area contributed by atoms with Crippen LogP contribution in [0.4, 0.5) is 19.0 Å². The van der Waals surface area contributed by atoms with Gasteiger partial charge in [-0.15, -0.1) is 0 Å². The van der Waals surface area contributed by atoms with Gasteiger partial charge < -0.3 is 10.6 Å². The molecule has 130 valence electrons. The fraction of sp³-hybridized carbons (Fsp3) is 0.533. The first-order chi connectivity index (χ1) is 11.4. The molecule has 2 bridgehead atoms.